The second-order valence-electron chi connectivity index (χ2n) is 4.28. The average molecular weight is 293 g/mol. The third-order valence-electron chi connectivity index (χ3n) is 2.96. The molecule has 6 heteroatoms. The molecule has 0 aliphatic carbocycles. The Morgan fingerprint density at radius 1 is 1.11 bits per heavy atom. The largest absolute Gasteiger partial charge is 0.263 e. The van der Waals surface area contributed by atoms with Crippen molar-refractivity contribution in [2.75, 3.05) is 0 Å². The van der Waals surface area contributed by atoms with Crippen LogP contribution in [-0.2, 0) is 0 Å². The summed E-state index contributed by atoms with van der Waals surface area (Å²) >= 11 is 12.3. The third kappa shape index (κ3) is 1.97. The molecule has 4 nitrogen and oxygen atoms in total. The molecule has 0 bridgehead atoms. The number of halogens is 2. The lowest BCUT2D eigenvalue weighted by atomic mass is 10.1. The molecular weight excluding hydrogens is 283 g/mol. The second-order valence-corrected chi connectivity index (χ2v) is 5.04. The van der Waals surface area contributed by atoms with Crippen LogP contribution in [0.2, 0.25) is 10.2 Å². The quantitative estimate of drug-likeness (QED) is 0.642. The van der Waals surface area contributed by atoms with Crippen molar-refractivity contribution in [1.29, 1.82) is 0 Å². The molecule has 96 valence electrons. The lowest BCUT2D eigenvalue weighted by Crippen LogP contribution is -1.98. The van der Waals surface area contributed by atoms with Gasteiger partial charge in [-0.15, -0.1) is 10.2 Å². The first-order chi connectivity index (χ1) is 9.08. The molecule has 1 aromatic carbocycles. The van der Waals surface area contributed by atoms with Crippen molar-refractivity contribution in [2.45, 2.75) is 13.8 Å². The lowest BCUT2D eigenvalue weighted by molar-refractivity contribution is 0.988. The van der Waals surface area contributed by atoms with Gasteiger partial charge < -0.3 is 0 Å². The molecule has 0 aliphatic rings. The predicted octanol–water partition coefficient (Wildman–Crippen LogP) is 3.71. The number of fused-ring (bicyclic) bond motifs is 1. The highest BCUT2D eigenvalue weighted by Crippen LogP contribution is 2.30. The van der Waals surface area contributed by atoms with Gasteiger partial charge in [0.05, 0.1) is 5.02 Å². The maximum Gasteiger partial charge on any atom is 0.171 e. The summed E-state index contributed by atoms with van der Waals surface area (Å²) in [7, 11) is 0. The summed E-state index contributed by atoms with van der Waals surface area (Å²) in [6, 6.07) is 7.49. The molecule has 0 spiro atoms. The summed E-state index contributed by atoms with van der Waals surface area (Å²) in [5, 5.41) is 9.39. The minimum absolute atomic E-state index is 0.402. The predicted molar refractivity (Wildman–Crippen MR) is 75.7 cm³/mol. The Balaban J connectivity index is 2.35. The van der Waals surface area contributed by atoms with Crippen LogP contribution in [0.25, 0.3) is 17.0 Å². The van der Waals surface area contributed by atoms with Gasteiger partial charge in [-0.1, -0.05) is 35.3 Å². The molecular formula is C13H10Cl2N4. The fourth-order valence-electron chi connectivity index (χ4n) is 2.05. The molecule has 0 fully saturated rings. The zero-order chi connectivity index (χ0) is 13.6. The molecule has 3 aromatic rings. The first kappa shape index (κ1) is 12.4. The molecule has 0 unspecified atom stereocenters. The Labute approximate surface area is 120 Å². The van der Waals surface area contributed by atoms with Gasteiger partial charge in [-0.2, -0.15) is 0 Å². The van der Waals surface area contributed by atoms with Crippen LogP contribution in [-0.4, -0.2) is 19.6 Å². The van der Waals surface area contributed by atoms with Gasteiger partial charge >= 0.3 is 0 Å². The van der Waals surface area contributed by atoms with E-state index in [1.54, 1.807) is 6.07 Å². The van der Waals surface area contributed by atoms with E-state index in [9.17, 15) is 0 Å². The molecule has 0 saturated carbocycles. The Hall–Kier alpha value is -1.65. The van der Waals surface area contributed by atoms with Crippen molar-refractivity contribution >= 4 is 28.8 Å². The monoisotopic (exact) mass is 292 g/mol. The molecule has 0 N–H and O–H groups in total. The molecule has 0 atom stereocenters. The summed E-state index contributed by atoms with van der Waals surface area (Å²) in [4.78, 5) is 4.22. The van der Waals surface area contributed by atoms with E-state index in [1.807, 2.05) is 36.4 Å². The Bertz CT molecular complexity index is 780. The van der Waals surface area contributed by atoms with Gasteiger partial charge in [-0.05, 0) is 25.5 Å². The standard InChI is InChI=1S/C13H10Cl2N4/c1-7-4-3-5-9(12(7)15)13-18-17-11-6-10(14)16-8(2)19(11)13/h3-6H,1-2H3. The minimum Gasteiger partial charge on any atom is -0.263 e. The van der Waals surface area contributed by atoms with Gasteiger partial charge in [0.25, 0.3) is 0 Å². The van der Waals surface area contributed by atoms with E-state index in [0.29, 0.717) is 21.6 Å². The van der Waals surface area contributed by atoms with Crippen LogP contribution in [0.1, 0.15) is 11.4 Å². The molecule has 0 aliphatic heterocycles. The fourth-order valence-corrected chi connectivity index (χ4v) is 2.48. The number of benzene rings is 1. The lowest BCUT2D eigenvalue weighted by Gasteiger charge is -2.07. The summed E-state index contributed by atoms with van der Waals surface area (Å²) in [6.07, 6.45) is 0. The average Bonchev–Trinajstić information content (AvgIpc) is 2.76. The van der Waals surface area contributed by atoms with Gasteiger partial charge in [0.2, 0.25) is 0 Å². The summed E-state index contributed by atoms with van der Waals surface area (Å²) < 4.78 is 1.84. The van der Waals surface area contributed by atoms with E-state index in [2.05, 4.69) is 15.2 Å². The van der Waals surface area contributed by atoms with Gasteiger partial charge in [-0.3, -0.25) is 4.40 Å². The Morgan fingerprint density at radius 2 is 1.89 bits per heavy atom. The topological polar surface area (TPSA) is 43.1 Å². The normalized spacial score (nSPS) is 11.2. The first-order valence-corrected chi connectivity index (χ1v) is 6.47. The van der Waals surface area contributed by atoms with E-state index in [0.717, 1.165) is 17.0 Å². The van der Waals surface area contributed by atoms with Crippen LogP contribution in [0.15, 0.2) is 24.3 Å². The molecule has 2 heterocycles. The zero-order valence-corrected chi connectivity index (χ0v) is 11.9. The van der Waals surface area contributed by atoms with Crippen molar-refractivity contribution in [1.82, 2.24) is 19.6 Å². The van der Waals surface area contributed by atoms with Crippen LogP contribution in [0.3, 0.4) is 0 Å². The van der Waals surface area contributed by atoms with Gasteiger partial charge in [0.15, 0.2) is 11.5 Å². The number of aryl methyl sites for hydroxylation is 2. The highest BCUT2D eigenvalue weighted by atomic mass is 35.5. The van der Waals surface area contributed by atoms with Gasteiger partial charge in [0.1, 0.15) is 11.0 Å². The Morgan fingerprint density at radius 3 is 2.68 bits per heavy atom. The van der Waals surface area contributed by atoms with E-state index in [-0.39, 0.29) is 0 Å². The fraction of sp³-hybridized carbons (Fsp3) is 0.154. The van der Waals surface area contributed by atoms with Crippen molar-refractivity contribution in [3.63, 3.8) is 0 Å². The number of hydrogen-bond donors (Lipinski definition) is 0. The summed E-state index contributed by atoms with van der Waals surface area (Å²) in [6.45, 7) is 3.81. The number of hydrogen-bond acceptors (Lipinski definition) is 3. The van der Waals surface area contributed by atoms with E-state index < -0.39 is 0 Å². The highest BCUT2D eigenvalue weighted by molar-refractivity contribution is 6.34. The number of rotatable bonds is 1. The van der Waals surface area contributed by atoms with Crippen molar-refractivity contribution in [2.24, 2.45) is 0 Å². The minimum atomic E-state index is 0.402. The molecule has 0 radical (unpaired) electrons. The van der Waals surface area contributed by atoms with Crippen LogP contribution < -0.4 is 0 Å². The molecule has 2 aromatic heterocycles. The smallest absolute Gasteiger partial charge is 0.171 e. The Kier molecular flexibility index (Phi) is 2.92. The number of aromatic nitrogens is 4. The van der Waals surface area contributed by atoms with E-state index in [4.69, 9.17) is 23.2 Å². The van der Waals surface area contributed by atoms with Crippen molar-refractivity contribution < 1.29 is 0 Å². The van der Waals surface area contributed by atoms with Crippen LogP contribution in [0.5, 0.6) is 0 Å². The van der Waals surface area contributed by atoms with Crippen LogP contribution in [0.4, 0.5) is 0 Å². The SMILES string of the molecule is Cc1cccc(-c2nnc3cc(Cl)nc(C)n23)c1Cl. The maximum atomic E-state index is 6.34. The summed E-state index contributed by atoms with van der Waals surface area (Å²) in [5.74, 6) is 1.39. The van der Waals surface area contributed by atoms with Crippen LogP contribution in [0, 0.1) is 13.8 Å². The van der Waals surface area contributed by atoms with Crippen molar-refractivity contribution in [3.8, 4) is 11.4 Å². The first-order valence-electron chi connectivity index (χ1n) is 5.71. The summed E-state index contributed by atoms with van der Waals surface area (Å²) in [5.41, 5.74) is 2.49. The van der Waals surface area contributed by atoms with E-state index in [1.165, 1.54) is 0 Å². The third-order valence-corrected chi connectivity index (χ3v) is 3.66. The molecule has 0 saturated heterocycles. The molecule has 19 heavy (non-hydrogen) atoms. The maximum absolute atomic E-state index is 6.34. The van der Waals surface area contributed by atoms with Gasteiger partial charge in [-0.25, -0.2) is 4.98 Å². The second kappa shape index (κ2) is 4.47. The molecule has 0 amide bonds. The van der Waals surface area contributed by atoms with Crippen molar-refractivity contribution in [3.05, 3.63) is 45.8 Å². The molecule has 3 rings (SSSR count). The van der Waals surface area contributed by atoms with Crippen LogP contribution >= 0.6 is 23.2 Å². The van der Waals surface area contributed by atoms with E-state index >= 15 is 0 Å². The number of nitrogens with zero attached hydrogens (tertiary/aromatic N) is 4. The van der Waals surface area contributed by atoms with Gasteiger partial charge in [0, 0.05) is 11.6 Å². The zero-order valence-electron chi connectivity index (χ0n) is 10.4. The highest BCUT2D eigenvalue weighted by Gasteiger charge is 2.15.